The molecule has 0 radical (unpaired) electrons. The number of carbonyl (C=O) groups is 1. The Morgan fingerprint density at radius 2 is 1.83 bits per heavy atom. The van der Waals surface area contributed by atoms with Crippen molar-refractivity contribution in [3.63, 3.8) is 0 Å². The van der Waals surface area contributed by atoms with E-state index in [9.17, 15) is 10.1 Å². The Morgan fingerprint density at radius 3 is 2.45 bits per heavy atom. The molecule has 3 aliphatic rings. The van der Waals surface area contributed by atoms with E-state index in [1.54, 1.807) is 0 Å². The summed E-state index contributed by atoms with van der Waals surface area (Å²) >= 11 is 0. The molecular formula is C23H31N5O. The Kier molecular flexibility index (Phi) is 5.60. The largest absolute Gasteiger partial charge is 0.337 e. The lowest BCUT2D eigenvalue weighted by atomic mass is 9.75. The number of piperidine rings is 2. The van der Waals surface area contributed by atoms with Gasteiger partial charge < -0.3 is 4.90 Å². The zero-order chi connectivity index (χ0) is 20.4. The first kappa shape index (κ1) is 19.9. The zero-order valence-electron chi connectivity index (χ0n) is 17.5. The minimum atomic E-state index is -0.708. The second-order valence-corrected chi connectivity index (χ2v) is 8.89. The molecule has 1 aromatic carbocycles. The fourth-order valence-corrected chi connectivity index (χ4v) is 5.21. The summed E-state index contributed by atoms with van der Waals surface area (Å²) < 4.78 is 0. The van der Waals surface area contributed by atoms with Gasteiger partial charge in [0, 0.05) is 31.7 Å². The molecule has 3 heterocycles. The van der Waals surface area contributed by atoms with Crippen LogP contribution in [0.1, 0.15) is 51.5 Å². The molecule has 0 aromatic heterocycles. The summed E-state index contributed by atoms with van der Waals surface area (Å²) in [6.45, 7) is 7.01. The normalized spacial score (nSPS) is 29.8. The topological polar surface area (TPSA) is 71.7 Å². The molecule has 0 unspecified atom stereocenters. The summed E-state index contributed by atoms with van der Waals surface area (Å²) in [5, 5.41) is 12.7. The molecule has 154 valence electrons. The summed E-state index contributed by atoms with van der Waals surface area (Å²) in [6, 6.07) is 13.4. The van der Waals surface area contributed by atoms with E-state index in [0.717, 1.165) is 45.3 Å². The third kappa shape index (κ3) is 3.89. The van der Waals surface area contributed by atoms with Crippen LogP contribution < -0.4 is 5.32 Å². The first-order chi connectivity index (χ1) is 14.0. The van der Waals surface area contributed by atoms with Gasteiger partial charge in [-0.15, -0.1) is 0 Å². The van der Waals surface area contributed by atoms with Crippen molar-refractivity contribution >= 4 is 11.9 Å². The standard InChI is InChI=1S/C23H31N5O/c1-17-7-6-8-18(2)28(17)22-25-21(29)20(15-24)23(26-22)11-13-27(14-12-23)16-19-9-4-3-5-10-19/h3-5,9-10,17-18,20H,6-8,11-14,16H2,1-2H3,(H,25,26,29)/t17-,18-,20+/m1/s1. The third-order valence-electron chi connectivity index (χ3n) is 6.90. The number of hydrogen-bond donors (Lipinski definition) is 1. The van der Waals surface area contributed by atoms with Crippen LogP contribution in [-0.4, -0.2) is 52.4 Å². The average Bonchev–Trinajstić information content (AvgIpc) is 2.70. The minimum Gasteiger partial charge on any atom is -0.337 e. The van der Waals surface area contributed by atoms with Gasteiger partial charge in [0.05, 0.1) is 11.6 Å². The van der Waals surface area contributed by atoms with E-state index in [4.69, 9.17) is 4.99 Å². The first-order valence-corrected chi connectivity index (χ1v) is 10.9. The Balaban J connectivity index is 1.55. The predicted octanol–water partition coefficient (Wildman–Crippen LogP) is 2.91. The number of nitrogens with zero attached hydrogens (tertiary/aromatic N) is 4. The molecule has 3 atom stereocenters. The summed E-state index contributed by atoms with van der Waals surface area (Å²) in [5.74, 6) is -0.197. The van der Waals surface area contributed by atoms with Crippen LogP contribution in [0.25, 0.3) is 0 Å². The molecule has 1 spiro atoms. The van der Waals surface area contributed by atoms with Gasteiger partial charge in [-0.1, -0.05) is 30.3 Å². The number of likely N-dealkylation sites (tertiary alicyclic amines) is 2. The molecule has 1 amide bonds. The van der Waals surface area contributed by atoms with Crippen molar-refractivity contribution in [2.24, 2.45) is 10.9 Å². The SMILES string of the molecule is C[C@@H]1CCC[C@@H](C)N1C1=NC2(CCN(Cc3ccccc3)CC2)[C@@H](C#N)C(=O)N1. The van der Waals surface area contributed by atoms with E-state index < -0.39 is 11.5 Å². The predicted molar refractivity (Wildman–Crippen MR) is 113 cm³/mol. The summed E-state index contributed by atoms with van der Waals surface area (Å²) in [5.41, 5.74) is 0.693. The molecule has 29 heavy (non-hydrogen) atoms. The van der Waals surface area contributed by atoms with E-state index in [1.165, 1.54) is 12.0 Å². The summed E-state index contributed by atoms with van der Waals surface area (Å²) in [7, 11) is 0. The monoisotopic (exact) mass is 393 g/mol. The van der Waals surface area contributed by atoms with Gasteiger partial charge in [0.25, 0.3) is 0 Å². The van der Waals surface area contributed by atoms with Gasteiger partial charge in [0.1, 0.15) is 0 Å². The van der Waals surface area contributed by atoms with Crippen LogP contribution in [0.2, 0.25) is 0 Å². The minimum absolute atomic E-state index is 0.181. The number of rotatable bonds is 2. The molecular weight excluding hydrogens is 362 g/mol. The number of aliphatic imine (C=N–C) groups is 1. The van der Waals surface area contributed by atoms with Gasteiger partial charge in [-0.05, 0) is 51.5 Å². The van der Waals surface area contributed by atoms with Gasteiger partial charge in [0.2, 0.25) is 11.9 Å². The highest BCUT2D eigenvalue weighted by Gasteiger charge is 2.50. The van der Waals surface area contributed by atoms with Crippen LogP contribution in [0.15, 0.2) is 35.3 Å². The van der Waals surface area contributed by atoms with Crippen LogP contribution in [0.5, 0.6) is 0 Å². The fourth-order valence-electron chi connectivity index (χ4n) is 5.21. The molecule has 1 N–H and O–H groups in total. The number of benzene rings is 1. The highest BCUT2D eigenvalue weighted by molar-refractivity contribution is 6.02. The van der Waals surface area contributed by atoms with Gasteiger partial charge in [-0.25, -0.2) is 4.99 Å². The van der Waals surface area contributed by atoms with Crippen molar-refractivity contribution in [3.8, 4) is 6.07 Å². The van der Waals surface area contributed by atoms with Gasteiger partial charge >= 0.3 is 0 Å². The van der Waals surface area contributed by atoms with Crippen molar-refractivity contribution < 1.29 is 4.79 Å². The number of hydrogen-bond acceptors (Lipinski definition) is 5. The first-order valence-electron chi connectivity index (χ1n) is 10.9. The van der Waals surface area contributed by atoms with Crippen molar-refractivity contribution in [2.75, 3.05) is 13.1 Å². The second-order valence-electron chi connectivity index (χ2n) is 8.89. The molecule has 6 heteroatoms. The maximum atomic E-state index is 12.9. The second kappa shape index (κ2) is 8.16. The lowest BCUT2D eigenvalue weighted by molar-refractivity contribution is -0.125. The smallest absolute Gasteiger partial charge is 0.246 e. The van der Waals surface area contributed by atoms with E-state index in [2.05, 4.69) is 59.3 Å². The lowest BCUT2D eigenvalue weighted by Crippen LogP contribution is -2.62. The Bertz CT molecular complexity index is 796. The van der Waals surface area contributed by atoms with Gasteiger partial charge in [-0.3, -0.25) is 15.0 Å². The summed E-state index contributed by atoms with van der Waals surface area (Å²) in [4.78, 5) is 22.7. The van der Waals surface area contributed by atoms with E-state index >= 15 is 0 Å². The fraction of sp³-hybridized carbons (Fsp3) is 0.609. The molecule has 0 saturated carbocycles. The number of carbonyl (C=O) groups excluding carboxylic acids is 1. The van der Waals surface area contributed by atoms with E-state index in [0.29, 0.717) is 18.0 Å². The molecule has 2 fully saturated rings. The Morgan fingerprint density at radius 1 is 1.17 bits per heavy atom. The van der Waals surface area contributed by atoms with Crippen LogP contribution in [0.3, 0.4) is 0 Å². The van der Waals surface area contributed by atoms with Crippen molar-refractivity contribution in [1.82, 2.24) is 15.1 Å². The van der Waals surface area contributed by atoms with Crippen LogP contribution in [0.4, 0.5) is 0 Å². The maximum absolute atomic E-state index is 12.9. The average molecular weight is 394 g/mol. The van der Waals surface area contributed by atoms with E-state index in [1.807, 2.05) is 6.07 Å². The third-order valence-corrected chi connectivity index (χ3v) is 6.90. The highest BCUT2D eigenvalue weighted by atomic mass is 16.2. The van der Waals surface area contributed by atoms with E-state index in [-0.39, 0.29) is 5.91 Å². The quantitative estimate of drug-likeness (QED) is 0.839. The maximum Gasteiger partial charge on any atom is 0.246 e. The number of nitriles is 1. The van der Waals surface area contributed by atoms with Crippen LogP contribution >= 0.6 is 0 Å². The van der Waals surface area contributed by atoms with Gasteiger partial charge in [-0.2, -0.15) is 5.26 Å². The van der Waals surface area contributed by atoms with Gasteiger partial charge in [0.15, 0.2) is 5.92 Å². The molecule has 2 saturated heterocycles. The van der Waals surface area contributed by atoms with Crippen molar-refractivity contribution in [2.45, 2.75) is 70.1 Å². The highest BCUT2D eigenvalue weighted by Crippen LogP contribution is 2.37. The van der Waals surface area contributed by atoms with Crippen LogP contribution in [-0.2, 0) is 11.3 Å². The van der Waals surface area contributed by atoms with Crippen molar-refractivity contribution in [1.29, 1.82) is 5.26 Å². The van der Waals surface area contributed by atoms with Crippen molar-refractivity contribution in [3.05, 3.63) is 35.9 Å². The summed E-state index contributed by atoms with van der Waals surface area (Å²) in [6.07, 6.45) is 4.91. The molecule has 0 aliphatic carbocycles. The molecule has 3 aliphatic heterocycles. The Labute approximate surface area is 173 Å². The molecule has 1 aromatic rings. The van der Waals surface area contributed by atoms with Crippen LogP contribution in [0, 0.1) is 17.2 Å². The molecule has 6 nitrogen and oxygen atoms in total. The number of nitrogens with one attached hydrogen (secondary N) is 1. The molecule has 4 rings (SSSR count). The zero-order valence-corrected chi connectivity index (χ0v) is 17.5. The number of guanidine groups is 1. The molecule has 0 bridgehead atoms. The Hall–Kier alpha value is -2.39. The lowest BCUT2D eigenvalue weighted by Gasteiger charge is -2.47. The number of amides is 1.